The van der Waals surface area contributed by atoms with Gasteiger partial charge < -0.3 is 24.6 Å². The van der Waals surface area contributed by atoms with Gasteiger partial charge in [0.05, 0.1) is 13.2 Å². The van der Waals surface area contributed by atoms with Crippen molar-refractivity contribution in [3.05, 3.63) is 111 Å². The average molecular weight is 662 g/mol. The Balaban J connectivity index is 1.75. The number of hydrogen-bond donors (Lipinski definition) is 2. The lowest BCUT2D eigenvalue weighted by molar-refractivity contribution is -0.155. The van der Waals surface area contributed by atoms with Gasteiger partial charge in [0.15, 0.2) is 11.6 Å². The Morgan fingerprint density at radius 3 is 2.60 bits per heavy atom. The van der Waals surface area contributed by atoms with E-state index in [1.165, 1.54) is 0 Å². The Morgan fingerprint density at radius 2 is 1.89 bits per heavy atom. The molecule has 1 aliphatic rings. The third-order valence-electron chi connectivity index (χ3n) is 7.39. The first-order valence-corrected chi connectivity index (χ1v) is 15.9. The van der Waals surface area contributed by atoms with Crippen LogP contribution in [-0.2, 0) is 32.0 Å². The second-order valence-corrected chi connectivity index (χ2v) is 12.5. The molecule has 1 aliphatic heterocycles. The predicted molar refractivity (Wildman–Crippen MR) is 179 cm³/mol. The van der Waals surface area contributed by atoms with Gasteiger partial charge in [0.25, 0.3) is 5.91 Å². The van der Waals surface area contributed by atoms with E-state index in [2.05, 4.69) is 15.3 Å². The van der Waals surface area contributed by atoms with Crippen LogP contribution in [-0.4, -0.2) is 53.8 Å². The quantitative estimate of drug-likeness (QED) is 0.0611. The topological polar surface area (TPSA) is 155 Å². The summed E-state index contributed by atoms with van der Waals surface area (Å²) in [6.45, 7) is 6.04. The second kappa shape index (κ2) is 16.3. The van der Waals surface area contributed by atoms with E-state index in [0.717, 1.165) is 5.56 Å². The van der Waals surface area contributed by atoms with Crippen LogP contribution < -0.4 is 10.1 Å². The van der Waals surface area contributed by atoms with Gasteiger partial charge in [-0.2, -0.15) is 0 Å². The molecule has 0 aliphatic carbocycles. The van der Waals surface area contributed by atoms with Crippen molar-refractivity contribution in [1.82, 2.24) is 5.32 Å². The van der Waals surface area contributed by atoms with Gasteiger partial charge in [-0.3, -0.25) is 9.59 Å². The smallest absolute Gasteiger partial charge is 0.306 e. The van der Waals surface area contributed by atoms with Crippen LogP contribution in [0.3, 0.4) is 0 Å². The van der Waals surface area contributed by atoms with E-state index in [4.69, 9.17) is 41.4 Å². The van der Waals surface area contributed by atoms with Gasteiger partial charge >= 0.3 is 5.97 Å². The monoisotopic (exact) mass is 661 g/mol. The fraction of sp³-hybridized carbons (Fsp3) is 0.400. The highest BCUT2D eigenvalue weighted by molar-refractivity contribution is 6.30. The average Bonchev–Trinajstić information content (AvgIpc) is 3.43. The highest BCUT2D eigenvalue weighted by Crippen LogP contribution is 2.44. The number of hydrogen-bond acceptors (Lipinski definition) is 8. The van der Waals surface area contributed by atoms with Crippen LogP contribution in [0.15, 0.2) is 82.9 Å². The maximum Gasteiger partial charge on any atom is 0.306 e. The maximum atomic E-state index is 14.4. The van der Waals surface area contributed by atoms with Gasteiger partial charge in [-0.05, 0) is 92.2 Å². The Labute approximate surface area is 279 Å². The second-order valence-electron chi connectivity index (χ2n) is 12.1. The summed E-state index contributed by atoms with van der Waals surface area (Å²) in [7, 11) is 0. The van der Waals surface area contributed by atoms with Crippen molar-refractivity contribution in [3.63, 3.8) is 0 Å². The van der Waals surface area contributed by atoms with E-state index in [9.17, 15) is 9.59 Å². The number of amides is 1. The molecule has 0 saturated carbocycles. The fourth-order valence-electron chi connectivity index (χ4n) is 5.24. The zero-order valence-corrected chi connectivity index (χ0v) is 27.6. The van der Waals surface area contributed by atoms with Gasteiger partial charge in [0.2, 0.25) is 5.90 Å². The molecule has 1 heterocycles. The van der Waals surface area contributed by atoms with E-state index >= 15 is 0 Å². The van der Waals surface area contributed by atoms with Crippen molar-refractivity contribution < 1.29 is 28.9 Å². The molecule has 12 heteroatoms. The van der Waals surface area contributed by atoms with Crippen molar-refractivity contribution in [1.29, 1.82) is 0 Å². The van der Waals surface area contributed by atoms with Gasteiger partial charge in [0.1, 0.15) is 11.4 Å². The van der Waals surface area contributed by atoms with E-state index in [0.29, 0.717) is 46.9 Å². The summed E-state index contributed by atoms with van der Waals surface area (Å²) in [5.41, 5.74) is 9.58. The molecule has 0 bridgehead atoms. The Hall–Kier alpha value is -4.57. The zero-order chi connectivity index (χ0) is 33.9. The Bertz CT molecular complexity index is 1620. The first-order valence-electron chi connectivity index (χ1n) is 15.5. The number of ether oxygens (including phenoxy) is 3. The molecule has 2 N–H and O–H groups in total. The number of halogens is 1. The molecule has 0 fully saturated rings. The molecule has 3 aromatic carbocycles. The molecule has 0 radical (unpaired) electrons. The standard InChI is InChI=1S/C35H40ClN5O6/c1-34(2,3)47-30(43)16-18-35(33(44)38-19-17-24-8-6-10-27(36)22-24)31(29-11-5-4-9-26(29)23-39-41-37)46-32(40-35)25-12-14-28(15-13-25)45-21-7-20-42/h4-6,8-15,22,31,42H,7,16-21,23H2,1-3H3,(H,38,44)/t31-,35-/m1/s1. The number of aliphatic imine (C=N–C) groups is 1. The van der Waals surface area contributed by atoms with E-state index < -0.39 is 29.1 Å². The SMILES string of the molecule is CC(C)(C)OC(=O)CC[C@@]1(C(=O)NCCc2cccc(Cl)c2)N=C(c2ccc(OCCCO)cc2)O[C@@H]1c1ccccc1CN=[N+]=[N-]. The summed E-state index contributed by atoms with van der Waals surface area (Å²) in [6, 6.07) is 21.7. The number of esters is 1. The summed E-state index contributed by atoms with van der Waals surface area (Å²) >= 11 is 6.17. The molecule has 0 saturated heterocycles. The number of azide groups is 1. The van der Waals surface area contributed by atoms with Crippen LogP contribution in [0.4, 0.5) is 0 Å². The van der Waals surface area contributed by atoms with Gasteiger partial charge in [-0.25, -0.2) is 4.99 Å². The molecule has 4 rings (SSSR count). The number of carbonyl (C=O) groups excluding carboxylic acids is 2. The number of nitrogens with one attached hydrogen (secondary N) is 1. The number of carbonyl (C=O) groups is 2. The van der Waals surface area contributed by atoms with Crippen LogP contribution in [0.5, 0.6) is 5.75 Å². The lowest BCUT2D eigenvalue weighted by atomic mass is 9.81. The molecule has 0 aromatic heterocycles. The predicted octanol–water partition coefficient (Wildman–Crippen LogP) is 6.65. The summed E-state index contributed by atoms with van der Waals surface area (Å²) in [5, 5.41) is 16.5. The number of rotatable bonds is 15. The first-order chi connectivity index (χ1) is 22.5. The Morgan fingerprint density at radius 1 is 1.13 bits per heavy atom. The molecule has 3 aromatic rings. The molecular formula is C35H40ClN5O6. The van der Waals surface area contributed by atoms with Crippen LogP contribution in [0.2, 0.25) is 5.02 Å². The van der Waals surface area contributed by atoms with Crippen LogP contribution in [0.25, 0.3) is 10.4 Å². The van der Waals surface area contributed by atoms with Crippen molar-refractivity contribution in [3.8, 4) is 5.75 Å². The fourth-order valence-corrected chi connectivity index (χ4v) is 5.45. The minimum Gasteiger partial charge on any atom is -0.494 e. The van der Waals surface area contributed by atoms with E-state index in [-0.39, 0.29) is 38.4 Å². The van der Waals surface area contributed by atoms with Gasteiger partial charge in [0, 0.05) is 41.5 Å². The van der Waals surface area contributed by atoms with Crippen LogP contribution in [0, 0.1) is 0 Å². The number of aliphatic hydroxyl groups excluding tert-OH is 1. The number of aliphatic hydroxyl groups is 1. The van der Waals surface area contributed by atoms with E-state index in [1.807, 2.05) is 36.4 Å². The first kappa shape index (κ1) is 35.3. The zero-order valence-electron chi connectivity index (χ0n) is 26.8. The minimum absolute atomic E-state index is 0.0166. The normalized spacial score (nSPS) is 17.2. The highest BCUT2D eigenvalue weighted by atomic mass is 35.5. The highest BCUT2D eigenvalue weighted by Gasteiger charge is 2.53. The summed E-state index contributed by atoms with van der Waals surface area (Å²) in [5.74, 6) is -0.0833. The summed E-state index contributed by atoms with van der Waals surface area (Å²) < 4.78 is 17.8. The summed E-state index contributed by atoms with van der Waals surface area (Å²) in [6.07, 6.45) is -0.0667. The molecule has 0 unspecified atom stereocenters. The van der Waals surface area contributed by atoms with E-state index in [1.54, 1.807) is 57.2 Å². The summed E-state index contributed by atoms with van der Waals surface area (Å²) in [4.78, 5) is 35.3. The number of nitrogens with zero attached hydrogens (tertiary/aromatic N) is 4. The Kier molecular flexibility index (Phi) is 12.2. The van der Waals surface area contributed by atoms with Crippen molar-refractivity contribution >= 4 is 29.4 Å². The molecule has 2 atom stereocenters. The van der Waals surface area contributed by atoms with Crippen LogP contribution in [0.1, 0.15) is 68.4 Å². The number of benzene rings is 3. The third-order valence-corrected chi connectivity index (χ3v) is 7.63. The molecule has 248 valence electrons. The molecule has 11 nitrogen and oxygen atoms in total. The van der Waals surface area contributed by atoms with Crippen molar-refractivity contribution in [2.75, 3.05) is 19.8 Å². The molecule has 0 spiro atoms. The maximum absolute atomic E-state index is 14.4. The molecule has 47 heavy (non-hydrogen) atoms. The van der Waals surface area contributed by atoms with Crippen LogP contribution >= 0.6 is 11.6 Å². The lowest BCUT2D eigenvalue weighted by Crippen LogP contribution is -2.49. The molecular weight excluding hydrogens is 622 g/mol. The molecule has 1 amide bonds. The largest absolute Gasteiger partial charge is 0.494 e. The van der Waals surface area contributed by atoms with Crippen molar-refractivity contribution in [2.24, 2.45) is 10.1 Å². The third kappa shape index (κ3) is 9.71. The van der Waals surface area contributed by atoms with Crippen molar-refractivity contribution in [2.45, 2.75) is 70.2 Å². The minimum atomic E-state index is -1.58. The van der Waals surface area contributed by atoms with Gasteiger partial charge in [-0.15, -0.1) is 0 Å². The lowest BCUT2D eigenvalue weighted by Gasteiger charge is -2.32. The van der Waals surface area contributed by atoms with Gasteiger partial charge in [-0.1, -0.05) is 53.1 Å².